The van der Waals surface area contributed by atoms with Gasteiger partial charge in [-0.25, -0.2) is 9.18 Å². The van der Waals surface area contributed by atoms with E-state index >= 15 is 0 Å². The van der Waals surface area contributed by atoms with Crippen molar-refractivity contribution in [1.29, 1.82) is 0 Å². The van der Waals surface area contributed by atoms with E-state index in [0.29, 0.717) is 38.6 Å². The zero-order valence-corrected chi connectivity index (χ0v) is 47.8. The summed E-state index contributed by atoms with van der Waals surface area (Å²) in [5.41, 5.74) is 0.147. The standard InChI is InChI=1S/C56H89FN6O11S/c1-14-16-22-27-75-43-31-45(65)62(54(43)69)26-21-17-18-25-44(64)60(10)48(33(5)6)53(68)59-47(32(3)4)55(70)61(11)49(34(7)15-2)42(73-12)30-46(66)63-41(29-38-35(8)50(38)63)51(74-13)36(9)52(67)58-40(56(71)72)28-37-23-19-20-24-39(37)57/h19-20,23-24,32-36,38,40-43,47-51H,14-18,21-22,25-31H2,1-13H3,(H,58,67)(H,59,68)(H,71,72)/t34-,35-,36+,38?,40-,41-,42+,43?,47-,48?,49-,50?,51+/m0/s1. The highest BCUT2D eigenvalue weighted by Crippen LogP contribution is 2.55. The zero-order chi connectivity index (χ0) is 56.0. The molecule has 1 aromatic rings. The quantitative estimate of drug-likeness (QED) is 0.0533. The molecule has 2 saturated heterocycles. The third-order valence-electron chi connectivity index (χ3n) is 16.1. The monoisotopic (exact) mass is 1070 g/mol. The van der Waals surface area contributed by atoms with Crippen LogP contribution in [0.5, 0.6) is 0 Å². The van der Waals surface area contributed by atoms with Crippen LogP contribution in [0.25, 0.3) is 0 Å². The number of carbonyl (C=O) groups is 8. The van der Waals surface area contributed by atoms with Crippen molar-refractivity contribution in [3.05, 3.63) is 35.6 Å². The molecular weight excluding hydrogens is 984 g/mol. The molecule has 2 heterocycles. The number of nitrogens with zero attached hydrogens (tertiary/aromatic N) is 4. The van der Waals surface area contributed by atoms with Gasteiger partial charge in [0, 0.05) is 60.2 Å². The van der Waals surface area contributed by atoms with Crippen LogP contribution in [0.1, 0.15) is 139 Å². The minimum absolute atomic E-state index is 0.106. The van der Waals surface area contributed by atoms with E-state index < -0.39 is 71.9 Å². The van der Waals surface area contributed by atoms with Gasteiger partial charge < -0.3 is 39.9 Å². The van der Waals surface area contributed by atoms with Gasteiger partial charge >= 0.3 is 5.97 Å². The number of piperidine rings is 1. The Morgan fingerprint density at radius 3 is 2.15 bits per heavy atom. The molecule has 3 aliphatic rings. The summed E-state index contributed by atoms with van der Waals surface area (Å²) in [6, 6.07) is 1.25. The molecule has 0 aromatic heterocycles. The Hall–Kier alpha value is -4.62. The number of hydrogen-bond acceptors (Lipinski definition) is 11. The van der Waals surface area contributed by atoms with Gasteiger partial charge in [-0.05, 0) is 72.7 Å². The Kier molecular flexibility index (Phi) is 24.5. The Morgan fingerprint density at radius 2 is 1.56 bits per heavy atom. The lowest BCUT2D eigenvalue weighted by Crippen LogP contribution is -2.60. The summed E-state index contributed by atoms with van der Waals surface area (Å²) in [5, 5.41) is 15.2. The number of likely N-dealkylation sites (N-methyl/N-ethyl adjacent to an activating group) is 2. The van der Waals surface area contributed by atoms with Crippen LogP contribution in [0, 0.1) is 41.3 Å². The average Bonchev–Trinajstić information content (AvgIpc) is 3.65. The number of carboxylic acid groups (broad SMARTS) is 1. The minimum Gasteiger partial charge on any atom is -0.480 e. The number of rotatable bonds is 32. The fourth-order valence-corrected chi connectivity index (χ4v) is 12.6. The van der Waals surface area contributed by atoms with Gasteiger partial charge in [-0.1, -0.05) is 106 Å². The maximum atomic E-state index is 14.8. The van der Waals surface area contributed by atoms with Crippen molar-refractivity contribution in [1.82, 2.24) is 30.2 Å². The Bertz CT molecular complexity index is 2130. The third-order valence-corrected chi connectivity index (χ3v) is 17.4. The Balaban J connectivity index is 1.41. The first kappa shape index (κ1) is 62.9. The number of amides is 7. The van der Waals surface area contributed by atoms with Crippen LogP contribution in [0.4, 0.5) is 4.39 Å². The van der Waals surface area contributed by atoms with Gasteiger partial charge in [0.25, 0.3) is 0 Å². The van der Waals surface area contributed by atoms with E-state index in [0.717, 1.165) is 25.0 Å². The number of benzene rings is 1. The third kappa shape index (κ3) is 16.0. The molecule has 2 aliphatic heterocycles. The van der Waals surface area contributed by atoms with Gasteiger partial charge in [0.1, 0.15) is 23.9 Å². The molecule has 1 aliphatic carbocycles. The normalized spacial score (nSPS) is 22.5. The number of halogens is 1. The Morgan fingerprint density at radius 1 is 0.880 bits per heavy atom. The first-order valence-electron chi connectivity index (χ1n) is 27.4. The van der Waals surface area contributed by atoms with E-state index in [-0.39, 0.29) is 102 Å². The lowest BCUT2D eigenvalue weighted by molar-refractivity contribution is -0.150. The van der Waals surface area contributed by atoms with Crippen LogP contribution in [0.3, 0.4) is 0 Å². The molecule has 1 saturated carbocycles. The van der Waals surface area contributed by atoms with Gasteiger partial charge in [0.2, 0.25) is 41.4 Å². The number of carboxylic acids is 1. The number of unbranched alkanes of at least 4 members (excludes halogenated alkanes) is 4. The predicted octanol–water partition coefficient (Wildman–Crippen LogP) is 6.34. The topological polar surface area (TPSA) is 212 Å². The number of likely N-dealkylation sites (tertiary alicyclic amines) is 2. The van der Waals surface area contributed by atoms with Crippen molar-refractivity contribution in [3.8, 4) is 0 Å². The largest absolute Gasteiger partial charge is 0.480 e. The highest BCUT2D eigenvalue weighted by Gasteiger charge is 2.62. The number of hydrogen-bond donors (Lipinski definition) is 3. The maximum Gasteiger partial charge on any atom is 0.326 e. The molecule has 17 nitrogen and oxygen atoms in total. The van der Waals surface area contributed by atoms with Gasteiger partial charge in [-0.2, -0.15) is 0 Å². The maximum absolute atomic E-state index is 14.8. The van der Waals surface area contributed by atoms with E-state index in [1.807, 2.05) is 41.5 Å². The minimum atomic E-state index is -1.41. The van der Waals surface area contributed by atoms with E-state index in [9.17, 15) is 47.9 Å². The molecule has 1 aromatic carbocycles. The van der Waals surface area contributed by atoms with Gasteiger partial charge in [0.15, 0.2) is 0 Å². The van der Waals surface area contributed by atoms with Crippen molar-refractivity contribution >= 4 is 59.1 Å². The number of thioether (sulfide) groups is 1. The molecular formula is C56H89FN6O11S. The second kappa shape index (κ2) is 29.2. The molecule has 0 spiro atoms. The van der Waals surface area contributed by atoms with Crippen molar-refractivity contribution in [2.24, 2.45) is 35.5 Å². The SMILES string of the molecule is CCCCCSC1CC(=O)N(CCCCCC(=O)N(C)C(C(=O)N[C@H](C(=O)N(C)[C@@H]([C@@H](C)CC)[C@@H](CC(=O)N2C3C(C[C@H]2[C@H](OC)[C@@H](C)C(=O)N[C@@H](Cc2ccccc2F)C(=O)O)[C@@H]3C)OC)C(C)C)C(C)C)C1=O. The van der Waals surface area contributed by atoms with Gasteiger partial charge in [-0.3, -0.25) is 38.5 Å². The molecule has 0 radical (unpaired) electrons. The van der Waals surface area contributed by atoms with Crippen LogP contribution in [0.15, 0.2) is 24.3 Å². The van der Waals surface area contributed by atoms with Crippen LogP contribution >= 0.6 is 11.8 Å². The lowest BCUT2D eigenvalue weighted by Gasteiger charge is -2.41. The van der Waals surface area contributed by atoms with Crippen molar-refractivity contribution < 1.29 is 57.3 Å². The fourth-order valence-electron chi connectivity index (χ4n) is 11.4. The summed E-state index contributed by atoms with van der Waals surface area (Å²) in [6.45, 7) is 17.5. The molecule has 19 heteroatoms. The lowest BCUT2D eigenvalue weighted by atomic mass is 9.89. The summed E-state index contributed by atoms with van der Waals surface area (Å²) in [5.74, 6) is -4.62. The number of fused-ring (bicyclic) bond motifs is 1. The second-order valence-electron chi connectivity index (χ2n) is 22.0. The highest BCUT2D eigenvalue weighted by molar-refractivity contribution is 8.00. The molecule has 3 fully saturated rings. The smallest absolute Gasteiger partial charge is 0.326 e. The molecule has 4 unspecified atom stereocenters. The molecule has 7 amide bonds. The van der Waals surface area contributed by atoms with Crippen molar-refractivity contribution in [2.45, 2.75) is 193 Å². The summed E-state index contributed by atoms with van der Waals surface area (Å²) in [4.78, 5) is 115. The highest BCUT2D eigenvalue weighted by atomic mass is 32.2. The fraction of sp³-hybridized carbons (Fsp3) is 0.750. The summed E-state index contributed by atoms with van der Waals surface area (Å²) >= 11 is 1.56. The average molecular weight is 1070 g/mol. The van der Waals surface area contributed by atoms with E-state index in [2.05, 4.69) is 24.5 Å². The number of carbonyl (C=O) groups excluding carboxylic acids is 7. The second-order valence-corrected chi connectivity index (χ2v) is 23.3. The molecule has 3 N–H and O–H groups in total. The molecule has 75 heavy (non-hydrogen) atoms. The van der Waals surface area contributed by atoms with Crippen LogP contribution in [-0.2, 0) is 54.3 Å². The molecule has 0 bridgehead atoms. The van der Waals surface area contributed by atoms with Crippen LogP contribution < -0.4 is 10.6 Å². The summed E-state index contributed by atoms with van der Waals surface area (Å²) < 4.78 is 26.6. The van der Waals surface area contributed by atoms with Crippen LogP contribution in [0.2, 0.25) is 0 Å². The zero-order valence-electron chi connectivity index (χ0n) is 47.0. The molecule has 4 rings (SSSR count). The first-order valence-corrected chi connectivity index (χ1v) is 28.4. The summed E-state index contributed by atoms with van der Waals surface area (Å²) in [6.07, 6.45) is 4.53. The number of nitrogens with one attached hydrogen (secondary N) is 2. The molecule has 422 valence electrons. The number of imide groups is 1. The van der Waals surface area contributed by atoms with Crippen LogP contribution in [-0.4, -0.2) is 166 Å². The van der Waals surface area contributed by atoms with Gasteiger partial charge in [0.05, 0.1) is 41.9 Å². The van der Waals surface area contributed by atoms with Crippen molar-refractivity contribution in [3.63, 3.8) is 0 Å². The molecule has 13 atom stereocenters. The summed E-state index contributed by atoms with van der Waals surface area (Å²) in [7, 11) is 6.21. The van der Waals surface area contributed by atoms with E-state index in [1.165, 1.54) is 42.2 Å². The number of methoxy groups -OCH3 is 2. The number of aliphatic carboxylic acids is 1. The van der Waals surface area contributed by atoms with E-state index in [4.69, 9.17) is 9.47 Å². The van der Waals surface area contributed by atoms with E-state index in [1.54, 1.807) is 48.6 Å². The predicted molar refractivity (Wildman–Crippen MR) is 286 cm³/mol. The first-order chi connectivity index (χ1) is 35.5. The number of ether oxygens (including phenoxy) is 2. The van der Waals surface area contributed by atoms with Crippen molar-refractivity contribution in [2.75, 3.05) is 40.6 Å². The Labute approximate surface area is 449 Å². The van der Waals surface area contributed by atoms with Gasteiger partial charge in [-0.15, -0.1) is 11.8 Å².